The Kier molecular flexibility index (Phi) is 6.00. The third-order valence-electron chi connectivity index (χ3n) is 5.56. The molecule has 0 aromatic heterocycles. The van der Waals surface area contributed by atoms with Crippen LogP contribution in [0.2, 0.25) is 0 Å². The Hall–Kier alpha value is -2.53. The molecule has 30 heavy (non-hydrogen) atoms. The van der Waals surface area contributed by atoms with Crippen LogP contribution in [0.1, 0.15) is 44.2 Å². The van der Waals surface area contributed by atoms with Gasteiger partial charge < -0.3 is 4.90 Å². The summed E-state index contributed by atoms with van der Waals surface area (Å²) in [6.45, 7) is 8.22. The van der Waals surface area contributed by atoms with E-state index in [2.05, 4.69) is 4.90 Å². The molecule has 4 rings (SSSR count). The highest BCUT2D eigenvalue weighted by atomic mass is 32.2. The Bertz CT molecular complexity index is 971. The third kappa shape index (κ3) is 4.04. The van der Waals surface area contributed by atoms with Gasteiger partial charge in [-0.3, -0.25) is 9.59 Å². The van der Waals surface area contributed by atoms with Gasteiger partial charge in [-0.1, -0.05) is 43.7 Å². The lowest BCUT2D eigenvalue weighted by Gasteiger charge is -2.29. The second kappa shape index (κ2) is 8.68. The van der Waals surface area contributed by atoms with Crippen molar-refractivity contribution in [1.29, 1.82) is 0 Å². The first-order valence-electron chi connectivity index (χ1n) is 10.7. The van der Waals surface area contributed by atoms with Crippen LogP contribution in [0, 0.1) is 6.92 Å². The van der Waals surface area contributed by atoms with Crippen molar-refractivity contribution in [2.24, 2.45) is 0 Å². The molecule has 1 saturated heterocycles. The molecule has 2 amide bonds. The van der Waals surface area contributed by atoms with Crippen molar-refractivity contribution < 1.29 is 9.59 Å². The summed E-state index contributed by atoms with van der Waals surface area (Å²) in [5.41, 5.74) is 4.23. The van der Waals surface area contributed by atoms with E-state index in [0.717, 1.165) is 29.9 Å². The number of carbonyl (C=O) groups excluding carboxylic acids is 2. The van der Waals surface area contributed by atoms with Gasteiger partial charge in [0.15, 0.2) is 0 Å². The van der Waals surface area contributed by atoms with Crippen LogP contribution in [0.5, 0.6) is 0 Å². The Balaban J connectivity index is 1.66. The zero-order chi connectivity index (χ0) is 21.3. The summed E-state index contributed by atoms with van der Waals surface area (Å²) in [7, 11) is 0. The van der Waals surface area contributed by atoms with Crippen molar-refractivity contribution in [3.8, 4) is 0 Å². The number of benzene rings is 2. The zero-order valence-electron chi connectivity index (χ0n) is 17.9. The molecule has 1 fully saturated rings. The van der Waals surface area contributed by atoms with E-state index in [4.69, 9.17) is 0 Å². The van der Waals surface area contributed by atoms with E-state index < -0.39 is 0 Å². The molecule has 0 N–H and O–H groups in total. The first-order valence-corrected chi connectivity index (χ1v) is 11.6. The fraction of sp³-hybridized carbons (Fsp3) is 0.360. The van der Waals surface area contributed by atoms with E-state index in [0.29, 0.717) is 16.2 Å². The fourth-order valence-electron chi connectivity index (χ4n) is 4.03. The molecule has 0 spiro atoms. The lowest BCUT2D eigenvalue weighted by atomic mass is 10.0. The standard InChI is InChI=1S/C25H28N2O2S/c1-17(2)30-23-22(19-9-7-18(3)8-10-19)24(28)27(25(23)29)21-13-11-20(12-14-21)26-15-5-4-6-16-26/h7-14,17H,4-6,15-16H2,1-3H3. The Labute approximate surface area is 182 Å². The second-order valence-electron chi connectivity index (χ2n) is 8.25. The van der Waals surface area contributed by atoms with E-state index in [1.165, 1.54) is 35.9 Å². The van der Waals surface area contributed by atoms with Crippen LogP contribution in [0.4, 0.5) is 11.4 Å². The lowest BCUT2D eigenvalue weighted by Crippen LogP contribution is -2.32. The first-order chi connectivity index (χ1) is 14.5. The SMILES string of the molecule is Cc1ccc(C2=C(SC(C)C)C(=O)N(c3ccc(N4CCCCC4)cc3)C2=O)cc1. The predicted molar refractivity (Wildman–Crippen MR) is 126 cm³/mol. The molecule has 0 radical (unpaired) electrons. The number of thioether (sulfide) groups is 1. The minimum atomic E-state index is -0.238. The average molecular weight is 421 g/mol. The number of nitrogens with zero attached hydrogens (tertiary/aromatic N) is 2. The molecule has 4 nitrogen and oxygen atoms in total. The fourth-order valence-corrected chi connectivity index (χ4v) is 5.02. The average Bonchev–Trinajstić information content (AvgIpc) is 2.99. The summed E-state index contributed by atoms with van der Waals surface area (Å²) in [6, 6.07) is 15.7. The van der Waals surface area contributed by atoms with E-state index in [-0.39, 0.29) is 17.1 Å². The predicted octanol–water partition coefficient (Wildman–Crippen LogP) is 5.41. The molecule has 2 heterocycles. The van der Waals surface area contributed by atoms with Crippen LogP contribution in [0.15, 0.2) is 53.4 Å². The summed E-state index contributed by atoms with van der Waals surface area (Å²) >= 11 is 1.46. The van der Waals surface area contributed by atoms with Crippen molar-refractivity contribution in [2.75, 3.05) is 22.9 Å². The molecule has 156 valence electrons. The molecule has 2 aliphatic heterocycles. The van der Waals surface area contributed by atoms with Gasteiger partial charge in [0.2, 0.25) is 0 Å². The van der Waals surface area contributed by atoms with Gasteiger partial charge in [0.1, 0.15) is 0 Å². The normalized spacial score (nSPS) is 17.5. The number of carbonyl (C=O) groups is 2. The summed E-state index contributed by atoms with van der Waals surface area (Å²) in [5, 5.41) is 0.207. The number of aryl methyl sites for hydroxylation is 1. The lowest BCUT2D eigenvalue weighted by molar-refractivity contribution is -0.119. The second-order valence-corrected chi connectivity index (χ2v) is 9.83. The number of rotatable bonds is 5. The van der Waals surface area contributed by atoms with Gasteiger partial charge in [0.25, 0.3) is 11.8 Å². The maximum Gasteiger partial charge on any atom is 0.272 e. The van der Waals surface area contributed by atoms with Crippen LogP contribution in [0.25, 0.3) is 5.57 Å². The van der Waals surface area contributed by atoms with Crippen LogP contribution < -0.4 is 9.80 Å². The van der Waals surface area contributed by atoms with Gasteiger partial charge in [-0.05, 0) is 56.0 Å². The quantitative estimate of drug-likeness (QED) is 0.606. The first kappa shape index (κ1) is 20.7. The van der Waals surface area contributed by atoms with Gasteiger partial charge in [0.05, 0.1) is 16.2 Å². The van der Waals surface area contributed by atoms with Crippen LogP contribution in [-0.2, 0) is 9.59 Å². The molecular formula is C25H28N2O2S. The number of anilines is 2. The maximum atomic E-state index is 13.4. The highest BCUT2D eigenvalue weighted by molar-refractivity contribution is 8.04. The molecule has 0 bridgehead atoms. The number of imide groups is 1. The van der Waals surface area contributed by atoms with Crippen molar-refractivity contribution in [3.63, 3.8) is 0 Å². The number of piperidine rings is 1. The van der Waals surface area contributed by atoms with Crippen LogP contribution in [0.3, 0.4) is 0 Å². The Morgan fingerprint density at radius 1 is 0.800 bits per heavy atom. The van der Waals surface area contributed by atoms with E-state index >= 15 is 0 Å². The monoisotopic (exact) mass is 420 g/mol. The van der Waals surface area contributed by atoms with Crippen molar-refractivity contribution >= 4 is 40.5 Å². The molecule has 2 aromatic rings. The van der Waals surface area contributed by atoms with Crippen molar-refractivity contribution in [3.05, 3.63) is 64.6 Å². The molecule has 5 heteroatoms. The molecular weight excluding hydrogens is 392 g/mol. The van der Waals surface area contributed by atoms with Gasteiger partial charge in [0, 0.05) is 24.0 Å². The summed E-state index contributed by atoms with van der Waals surface area (Å²) in [5.74, 6) is -0.460. The van der Waals surface area contributed by atoms with Crippen molar-refractivity contribution in [1.82, 2.24) is 0 Å². The Morgan fingerprint density at radius 3 is 2.00 bits per heavy atom. The minimum absolute atomic E-state index is 0.207. The van der Waals surface area contributed by atoms with Gasteiger partial charge in [-0.25, -0.2) is 4.90 Å². The molecule has 2 aliphatic rings. The van der Waals surface area contributed by atoms with E-state index in [1.807, 2.05) is 69.3 Å². The molecule has 0 unspecified atom stereocenters. The van der Waals surface area contributed by atoms with Gasteiger partial charge >= 0.3 is 0 Å². The molecule has 0 aliphatic carbocycles. The summed E-state index contributed by atoms with van der Waals surface area (Å²) in [6.07, 6.45) is 3.71. The summed E-state index contributed by atoms with van der Waals surface area (Å²) < 4.78 is 0. The third-order valence-corrected chi connectivity index (χ3v) is 6.65. The largest absolute Gasteiger partial charge is 0.372 e. The minimum Gasteiger partial charge on any atom is -0.372 e. The highest BCUT2D eigenvalue weighted by Gasteiger charge is 2.40. The summed E-state index contributed by atoms with van der Waals surface area (Å²) in [4.78, 5) is 31.0. The van der Waals surface area contributed by atoms with Gasteiger partial charge in [-0.2, -0.15) is 0 Å². The Morgan fingerprint density at radius 2 is 1.40 bits per heavy atom. The van der Waals surface area contributed by atoms with E-state index in [9.17, 15) is 9.59 Å². The molecule has 0 saturated carbocycles. The number of hydrogen-bond acceptors (Lipinski definition) is 4. The highest BCUT2D eigenvalue weighted by Crippen LogP contribution is 2.40. The maximum absolute atomic E-state index is 13.4. The molecule has 0 atom stereocenters. The number of hydrogen-bond donors (Lipinski definition) is 0. The zero-order valence-corrected chi connectivity index (χ0v) is 18.7. The number of amides is 2. The smallest absolute Gasteiger partial charge is 0.272 e. The van der Waals surface area contributed by atoms with Crippen molar-refractivity contribution in [2.45, 2.75) is 45.3 Å². The van der Waals surface area contributed by atoms with Crippen LogP contribution in [-0.4, -0.2) is 30.2 Å². The van der Waals surface area contributed by atoms with Crippen LogP contribution >= 0.6 is 11.8 Å². The molecule has 2 aromatic carbocycles. The van der Waals surface area contributed by atoms with Gasteiger partial charge in [-0.15, -0.1) is 11.8 Å². The topological polar surface area (TPSA) is 40.6 Å². The van der Waals surface area contributed by atoms with E-state index in [1.54, 1.807) is 0 Å².